The normalized spacial score (nSPS) is 10.1. The topological polar surface area (TPSA) is 64.3 Å². The van der Waals surface area contributed by atoms with Gasteiger partial charge in [-0.25, -0.2) is 4.79 Å². The molecule has 2 rings (SSSR count). The fourth-order valence-corrected chi connectivity index (χ4v) is 2.30. The van der Waals surface area contributed by atoms with E-state index in [0.29, 0.717) is 17.9 Å². The summed E-state index contributed by atoms with van der Waals surface area (Å²) in [4.78, 5) is 11.8. The summed E-state index contributed by atoms with van der Waals surface area (Å²) in [5.41, 5.74) is 8.35. The van der Waals surface area contributed by atoms with Crippen molar-refractivity contribution in [3.63, 3.8) is 0 Å². The van der Waals surface area contributed by atoms with Gasteiger partial charge in [-0.3, -0.25) is 0 Å². The molecule has 3 N–H and O–H groups in total. The van der Waals surface area contributed by atoms with Gasteiger partial charge in [-0.2, -0.15) is 0 Å². The molecule has 0 aromatic heterocycles. The summed E-state index contributed by atoms with van der Waals surface area (Å²) in [5, 5.41) is 3.24. The van der Waals surface area contributed by atoms with Gasteiger partial charge in [-0.05, 0) is 65.9 Å². The Bertz CT molecular complexity index is 629. The first kappa shape index (κ1) is 14.6. The third kappa shape index (κ3) is 3.63. The van der Waals surface area contributed by atoms with Gasteiger partial charge in [0, 0.05) is 20.6 Å². The minimum Gasteiger partial charge on any atom is -0.462 e. The van der Waals surface area contributed by atoms with E-state index in [9.17, 15) is 4.79 Å². The zero-order valence-electron chi connectivity index (χ0n) is 11.0. The van der Waals surface area contributed by atoms with E-state index in [0.717, 1.165) is 14.9 Å². The van der Waals surface area contributed by atoms with Gasteiger partial charge in [0.15, 0.2) is 0 Å². The smallest absolute Gasteiger partial charge is 0.340 e. The van der Waals surface area contributed by atoms with Gasteiger partial charge in [0.05, 0.1) is 12.2 Å². The van der Waals surface area contributed by atoms with E-state index in [4.69, 9.17) is 10.5 Å². The third-order valence-electron chi connectivity index (χ3n) is 2.66. The molecule has 2 aromatic carbocycles. The lowest BCUT2D eigenvalue weighted by Gasteiger charge is -2.10. The average Bonchev–Trinajstić information content (AvgIpc) is 2.41. The van der Waals surface area contributed by atoms with Gasteiger partial charge >= 0.3 is 5.97 Å². The molecule has 0 spiro atoms. The Balaban J connectivity index is 2.25. The summed E-state index contributed by atoms with van der Waals surface area (Å²) >= 11 is 2.25. The number of esters is 1. The van der Waals surface area contributed by atoms with E-state index in [1.165, 1.54) is 0 Å². The molecule has 0 atom stereocenters. The van der Waals surface area contributed by atoms with Gasteiger partial charge in [0.25, 0.3) is 0 Å². The molecule has 2 aromatic rings. The maximum Gasteiger partial charge on any atom is 0.340 e. The molecule has 0 saturated carbocycles. The number of halogens is 1. The molecule has 0 unspecified atom stereocenters. The van der Waals surface area contributed by atoms with Crippen molar-refractivity contribution in [1.82, 2.24) is 0 Å². The molecule has 0 aliphatic rings. The minimum atomic E-state index is -0.406. The monoisotopic (exact) mass is 382 g/mol. The molecule has 0 bridgehead atoms. The molecule has 0 aliphatic carbocycles. The fourth-order valence-electron chi connectivity index (χ4n) is 1.75. The highest BCUT2D eigenvalue weighted by Crippen LogP contribution is 2.23. The van der Waals surface area contributed by atoms with E-state index in [-0.39, 0.29) is 0 Å². The number of nitrogen functional groups attached to an aromatic ring is 1. The van der Waals surface area contributed by atoms with Crippen LogP contribution in [0.2, 0.25) is 0 Å². The van der Waals surface area contributed by atoms with Gasteiger partial charge in [-0.15, -0.1) is 0 Å². The standard InChI is InChI=1S/C15H15IN2O2/c1-2-20-15(19)13-9-12(6-7-14(13)17)18-11-5-3-4-10(16)8-11/h3-9,18H,2,17H2,1H3. The first-order valence-corrected chi connectivity index (χ1v) is 7.27. The van der Waals surface area contributed by atoms with Crippen LogP contribution < -0.4 is 11.1 Å². The zero-order chi connectivity index (χ0) is 14.5. The quantitative estimate of drug-likeness (QED) is 0.480. The Kier molecular flexibility index (Phi) is 4.84. The van der Waals surface area contributed by atoms with E-state index in [1.54, 1.807) is 19.1 Å². The maximum atomic E-state index is 11.8. The van der Waals surface area contributed by atoms with Crippen LogP contribution in [0.15, 0.2) is 42.5 Å². The summed E-state index contributed by atoms with van der Waals surface area (Å²) in [5.74, 6) is -0.406. The molecule has 0 fully saturated rings. The molecule has 0 amide bonds. The second-order valence-electron chi connectivity index (χ2n) is 4.16. The predicted octanol–water partition coefficient (Wildman–Crippen LogP) is 3.79. The molecule has 0 heterocycles. The van der Waals surface area contributed by atoms with Crippen molar-refractivity contribution in [2.75, 3.05) is 17.7 Å². The van der Waals surface area contributed by atoms with Gasteiger partial charge in [-0.1, -0.05) is 6.07 Å². The Morgan fingerprint density at radius 3 is 2.70 bits per heavy atom. The second kappa shape index (κ2) is 6.60. The lowest BCUT2D eigenvalue weighted by molar-refractivity contribution is 0.0527. The molecule has 104 valence electrons. The van der Waals surface area contributed by atoms with E-state index < -0.39 is 5.97 Å². The van der Waals surface area contributed by atoms with Crippen molar-refractivity contribution in [3.8, 4) is 0 Å². The van der Waals surface area contributed by atoms with Crippen molar-refractivity contribution in [3.05, 3.63) is 51.6 Å². The number of nitrogens with one attached hydrogen (secondary N) is 1. The lowest BCUT2D eigenvalue weighted by atomic mass is 10.1. The number of ether oxygens (including phenoxy) is 1. The average molecular weight is 382 g/mol. The van der Waals surface area contributed by atoms with Crippen molar-refractivity contribution >= 4 is 45.6 Å². The molecule has 0 aliphatic heterocycles. The highest BCUT2D eigenvalue weighted by Gasteiger charge is 2.11. The summed E-state index contributed by atoms with van der Waals surface area (Å²) < 4.78 is 6.12. The SMILES string of the molecule is CCOC(=O)c1cc(Nc2cccc(I)c2)ccc1N. The first-order chi connectivity index (χ1) is 9.60. The van der Waals surface area contributed by atoms with Crippen molar-refractivity contribution in [2.45, 2.75) is 6.92 Å². The number of benzene rings is 2. The molecule has 5 heteroatoms. The van der Waals surface area contributed by atoms with E-state index in [1.807, 2.05) is 30.3 Å². The van der Waals surface area contributed by atoms with Crippen LogP contribution in [0.3, 0.4) is 0 Å². The van der Waals surface area contributed by atoms with Crippen LogP contribution in [-0.2, 0) is 4.74 Å². The number of carbonyl (C=O) groups is 1. The zero-order valence-corrected chi connectivity index (χ0v) is 13.2. The van der Waals surface area contributed by atoms with Crippen LogP contribution in [0.1, 0.15) is 17.3 Å². The van der Waals surface area contributed by atoms with Gasteiger partial charge in [0.2, 0.25) is 0 Å². The van der Waals surface area contributed by atoms with Crippen LogP contribution in [0.4, 0.5) is 17.1 Å². The van der Waals surface area contributed by atoms with Crippen molar-refractivity contribution < 1.29 is 9.53 Å². The number of rotatable bonds is 4. The van der Waals surface area contributed by atoms with Crippen LogP contribution in [-0.4, -0.2) is 12.6 Å². The Hall–Kier alpha value is -1.76. The van der Waals surface area contributed by atoms with Crippen molar-refractivity contribution in [1.29, 1.82) is 0 Å². The maximum absolute atomic E-state index is 11.8. The third-order valence-corrected chi connectivity index (χ3v) is 3.33. The molecule has 4 nitrogen and oxygen atoms in total. The Labute approximate surface area is 131 Å². The van der Waals surface area contributed by atoms with Gasteiger partial charge in [0.1, 0.15) is 0 Å². The van der Waals surface area contributed by atoms with Crippen molar-refractivity contribution in [2.24, 2.45) is 0 Å². The van der Waals surface area contributed by atoms with Crippen LogP contribution in [0.25, 0.3) is 0 Å². The molecular weight excluding hydrogens is 367 g/mol. The van der Waals surface area contributed by atoms with Gasteiger partial charge < -0.3 is 15.8 Å². The highest BCUT2D eigenvalue weighted by molar-refractivity contribution is 14.1. The molecule has 0 radical (unpaired) electrons. The Morgan fingerprint density at radius 1 is 1.25 bits per heavy atom. The van der Waals surface area contributed by atoms with Crippen LogP contribution in [0.5, 0.6) is 0 Å². The fraction of sp³-hybridized carbons (Fsp3) is 0.133. The summed E-state index contributed by atoms with van der Waals surface area (Å²) in [6.45, 7) is 2.09. The number of anilines is 3. The van der Waals surface area contributed by atoms with E-state index in [2.05, 4.69) is 27.9 Å². The lowest BCUT2D eigenvalue weighted by Crippen LogP contribution is -2.08. The number of nitrogens with two attached hydrogens (primary N) is 1. The summed E-state index contributed by atoms with van der Waals surface area (Å²) in [6, 6.07) is 13.2. The van der Waals surface area contributed by atoms with E-state index >= 15 is 0 Å². The molecule has 20 heavy (non-hydrogen) atoms. The van der Waals surface area contributed by atoms with Crippen LogP contribution in [0, 0.1) is 3.57 Å². The summed E-state index contributed by atoms with van der Waals surface area (Å²) in [6.07, 6.45) is 0. The number of carbonyl (C=O) groups excluding carboxylic acids is 1. The number of hydrogen-bond acceptors (Lipinski definition) is 4. The highest BCUT2D eigenvalue weighted by atomic mass is 127. The predicted molar refractivity (Wildman–Crippen MR) is 89.3 cm³/mol. The Morgan fingerprint density at radius 2 is 2.00 bits per heavy atom. The second-order valence-corrected chi connectivity index (χ2v) is 5.40. The molecular formula is C15H15IN2O2. The largest absolute Gasteiger partial charge is 0.462 e. The first-order valence-electron chi connectivity index (χ1n) is 6.19. The number of hydrogen-bond donors (Lipinski definition) is 2. The molecule has 0 saturated heterocycles. The minimum absolute atomic E-state index is 0.326. The van der Waals surface area contributed by atoms with Crippen LogP contribution >= 0.6 is 22.6 Å². The summed E-state index contributed by atoms with van der Waals surface area (Å²) in [7, 11) is 0.